The number of ether oxygens (including phenoxy) is 1. The molecule has 1 aliphatic rings. The van der Waals surface area contributed by atoms with Gasteiger partial charge in [-0.3, -0.25) is 0 Å². The third-order valence-corrected chi connectivity index (χ3v) is 3.59. The van der Waals surface area contributed by atoms with Gasteiger partial charge >= 0.3 is 0 Å². The zero-order valence-electron chi connectivity index (χ0n) is 12.1. The SMILES string of the molecule is Nc1nc(-c2cccc(CO)c2)nc(C2CC=CCO2)c1N. The van der Waals surface area contributed by atoms with Crippen LogP contribution in [0.25, 0.3) is 11.4 Å². The first-order chi connectivity index (χ1) is 10.7. The van der Waals surface area contributed by atoms with Gasteiger partial charge in [0.25, 0.3) is 0 Å². The monoisotopic (exact) mass is 298 g/mol. The summed E-state index contributed by atoms with van der Waals surface area (Å²) in [7, 11) is 0. The first-order valence-electron chi connectivity index (χ1n) is 7.08. The van der Waals surface area contributed by atoms with Crippen LogP contribution in [-0.4, -0.2) is 21.7 Å². The number of rotatable bonds is 3. The number of hydrogen-bond donors (Lipinski definition) is 3. The Morgan fingerprint density at radius 3 is 2.82 bits per heavy atom. The summed E-state index contributed by atoms with van der Waals surface area (Å²) < 4.78 is 5.68. The molecule has 3 rings (SSSR count). The number of hydrogen-bond acceptors (Lipinski definition) is 6. The highest BCUT2D eigenvalue weighted by atomic mass is 16.5. The third kappa shape index (κ3) is 2.79. The number of nitrogens with zero attached hydrogens (tertiary/aromatic N) is 2. The van der Waals surface area contributed by atoms with E-state index < -0.39 is 0 Å². The van der Waals surface area contributed by atoms with E-state index in [0.29, 0.717) is 30.2 Å². The zero-order valence-corrected chi connectivity index (χ0v) is 12.1. The van der Waals surface area contributed by atoms with Crippen molar-refractivity contribution in [3.05, 3.63) is 47.7 Å². The lowest BCUT2D eigenvalue weighted by molar-refractivity contribution is 0.0652. The molecule has 22 heavy (non-hydrogen) atoms. The number of aliphatic hydroxyl groups is 1. The van der Waals surface area contributed by atoms with E-state index in [1.54, 1.807) is 0 Å². The van der Waals surface area contributed by atoms with Crippen LogP contribution >= 0.6 is 0 Å². The van der Waals surface area contributed by atoms with Crippen LogP contribution in [0.2, 0.25) is 0 Å². The van der Waals surface area contributed by atoms with Crippen molar-refractivity contribution >= 4 is 11.5 Å². The van der Waals surface area contributed by atoms with Crippen molar-refractivity contribution in [2.45, 2.75) is 19.1 Å². The molecule has 1 aliphatic heterocycles. The summed E-state index contributed by atoms with van der Waals surface area (Å²) in [5.41, 5.74) is 14.5. The Balaban J connectivity index is 2.05. The van der Waals surface area contributed by atoms with Gasteiger partial charge in [0.2, 0.25) is 0 Å². The first-order valence-corrected chi connectivity index (χ1v) is 7.08. The summed E-state index contributed by atoms with van der Waals surface area (Å²) in [5, 5.41) is 9.25. The molecule has 6 heteroatoms. The van der Waals surface area contributed by atoms with Gasteiger partial charge in [0, 0.05) is 5.56 Å². The Morgan fingerprint density at radius 1 is 1.23 bits per heavy atom. The van der Waals surface area contributed by atoms with Crippen LogP contribution in [-0.2, 0) is 11.3 Å². The van der Waals surface area contributed by atoms with Crippen molar-refractivity contribution in [3.8, 4) is 11.4 Å². The molecule has 0 spiro atoms. The van der Waals surface area contributed by atoms with Gasteiger partial charge in [0.15, 0.2) is 11.6 Å². The second-order valence-corrected chi connectivity index (χ2v) is 5.12. The van der Waals surface area contributed by atoms with Gasteiger partial charge in [-0.2, -0.15) is 0 Å². The second kappa shape index (κ2) is 6.13. The van der Waals surface area contributed by atoms with E-state index in [2.05, 4.69) is 9.97 Å². The molecule has 114 valence electrons. The molecule has 0 radical (unpaired) electrons. The molecule has 1 aromatic carbocycles. The Labute approximate surface area is 128 Å². The number of benzene rings is 1. The molecule has 1 unspecified atom stereocenters. The van der Waals surface area contributed by atoms with Crippen molar-refractivity contribution in [1.82, 2.24) is 9.97 Å². The van der Waals surface area contributed by atoms with Crippen LogP contribution in [0, 0.1) is 0 Å². The molecule has 6 nitrogen and oxygen atoms in total. The van der Waals surface area contributed by atoms with Crippen LogP contribution in [0.4, 0.5) is 11.5 Å². The summed E-state index contributed by atoms with van der Waals surface area (Å²) in [5.74, 6) is 0.725. The summed E-state index contributed by atoms with van der Waals surface area (Å²) in [6, 6.07) is 7.38. The van der Waals surface area contributed by atoms with E-state index >= 15 is 0 Å². The van der Waals surface area contributed by atoms with Crippen molar-refractivity contribution in [2.75, 3.05) is 18.1 Å². The van der Waals surface area contributed by atoms with Crippen LogP contribution in [0.15, 0.2) is 36.4 Å². The number of anilines is 2. The Morgan fingerprint density at radius 2 is 2.09 bits per heavy atom. The molecule has 0 fully saturated rings. The molecule has 0 amide bonds. The Hall–Kier alpha value is -2.44. The maximum Gasteiger partial charge on any atom is 0.162 e. The minimum atomic E-state index is -0.213. The number of aliphatic hydroxyl groups excluding tert-OH is 1. The minimum Gasteiger partial charge on any atom is -0.394 e. The lowest BCUT2D eigenvalue weighted by Gasteiger charge is -2.21. The molecule has 2 heterocycles. The molecule has 5 N–H and O–H groups in total. The van der Waals surface area contributed by atoms with Gasteiger partial charge in [-0.25, -0.2) is 9.97 Å². The maximum absolute atomic E-state index is 9.25. The van der Waals surface area contributed by atoms with Crippen molar-refractivity contribution in [1.29, 1.82) is 0 Å². The van der Waals surface area contributed by atoms with Crippen LogP contribution in [0.3, 0.4) is 0 Å². The number of aromatic nitrogens is 2. The standard InChI is InChI=1S/C16H18N4O2/c17-13-14(12-6-1-2-7-22-12)19-16(20-15(13)18)11-5-3-4-10(8-11)9-21/h1-5,8,12,21H,6-7,9,17H2,(H2,18,19,20). The summed E-state index contributed by atoms with van der Waals surface area (Å²) in [4.78, 5) is 8.81. The quantitative estimate of drug-likeness (QED) is 0.746. The average molecular weight is 298 g/mol. The summed E-state index contributed by atoms with van der Waals surface area (Å²) in [6.07, 6.45) is 4.49. The van der Waals surface area contributed by atoms with E-state index in [4.69, 9.17) is 16.2 Å². The lowest BCUT2D eigenvalue weighted by Crippen LogP contribution is -2.15. The smallest absolute Gasteiger partial charge is 0.162 e. The van der Waals surface area contributed by atoms with E-state index in [0.717, 1.165) is 11.1 Å². The normalized spacial score (nSPS) is 17.6. The molecule has 0 aliphatic carbocycles. The van der Waals surface area contributed by atoms with E-state index in [9.17, 15) is 5.11 Å². The van der Waals surface area contributed by atoms with Crippen LogP contribution in [0.1, 0.15) is 23.8 Å². The molecule has 0 saturated carbocycles. The summed E-state index contributed by atoms with van der Waals surface area (Å²) in [6.45, 7) is 0.491. The fourth-order valence-electron chi connectivity index (χ4n) is 2.41. The topological polar surface area (TPSA) is 107 Å². The maximum atomic E-state index is 9.25. The molecule has 1 aromatic heterocycles. The Bertz CT molecular complexity index is 715. The molecule has 2 aromatic rings. The predicted octanol–water partition coefficient (Wildman–Crippen LogP) is 1.82. The largest absolute Gasteiger partial charge is 0.394 e. The van der Waals surface area contributed by atoms with Gasteiger partial charge < -0.3 is 21.3 Å². The second-order valence-electron chi connectivity index (χ2n) is 5.12. The third-order valence-electron chi connectivity index (χ3n) is 3.59. The minimum absolute atomic E-state index is 0.0400. The molecule has 0 saturated heterocycles. The first kappa shape index (κ1) is 14.5. The molecular formula is C16H18N4O2. The van der Waals surface area contributed by atoms with Crippen molar-refractivity contribution in [2.24, 2.45) is 0 Å². The Kier molecular flexibility index (Phi) is 4.04. The fraction of sp³-hybridized carbons (Fsp3) is 0.250. The number of nitrogen functional groups attached to an aromatic ring is 2. The molecular weight excluding hydrogens is 280 g/mol. The number of nitrogens with two attached hydrogens (primary N) is 2. The summed E-state index contributed by atoms with van der Waals surface area (Å²) >= 11 is 0. The predicted molar refractivity (Wildman–Crippen MR) is 84.7 cm³/mol. The highest BCUT2D eigenvalue weighted by Gasteiger charge is 2.21. The van der Waals surface area contributed by atoms with E-state index in [1.165, 1.54) is 0 Å². The van der Waals surface area contributed by atoms with Crippen LogP contribution in [0.5, 0.6) is 0 Å². The highest BCUT2D eigenvalue weighted by Crippen LogP contribution is 2.32. The van der Waals surface area contributed by atoms with Gasteiger partial charge in [-0.05, 0) is 18.1 Å². The fourth-order valence-corrected chi connectivity index (χ4v) is 2.41. The lowest BCUT2D eigenvalue weighted by atomic mass is 10.1. The van der Waals surface area contributed by atoms with Gasteiger partial charge in [-0.1, -0.05) is 30.4 Å². The van der Waals surface area contributed by atoms with Crippen molar-refractivity contribution in [3.63, 3.8) is 0 Å². The molecule has 1 atom stereocenters. The van der Waals surface area contributed by atoms with Gasteiger partial charge in [0.05, 0.1) is 24.6 Å². The highest BCUT2D eigenvalue weighted by molar-refractivity contribution is 5.67. The average Bonchev–Trinajstić information content (AvgIpc) is 2.58. The zero-order chi connectivity index (χ0) is 15.5. The van der Waals surface area contributed by atoms with Gasteiger partial charge in [0.1, 0.15) is 6.10 Å². The molecule has 0 bridgehead atoms. The van der Waals surface area contributed by atoms with Gasteiger partial charge in [-0.15, -0.1) is 0 Å². The van der Waals surface area contributed by atoms with Crippen LogP contribution < -0.4 is 11.5 Å². The van der Waals surface area contributed by atoms with Crippen molar-refractivity contribution < 1.29 is 9.84 Å². The van der Waals surface area contributed by atoms with E-state index in [1.807, 2.05) is 36.4 Å². The van der Waals surface area contributed by atoms with E-state index in [-0.39, 0.29) is 18.5 Å².